The maximum Gasteiger partial charge on any atom is 0.412 e. The first-order valence-corrected chi connectivity index (χ1v) is 9.90. The highest BCUT2D eigenvalue weighted by Gasteiger charge is 2.42. The molecule has 25 heavy (non-hydrogen) atoms. The molecule has 1 aromatic rings. The number of aliphatic hydroxyl groups excluding tert-OH is 2. The molecule has 9 nitrogen and oxygen atoms in total. The van der Waals surface area contributed by atoms with Crippen molar-refractivity contribution in [2.24, 2.45) is 0 Å². The summed E-state index contributed by atoms with van der Waals surface area (Å²) in [4.78, 5) is 27.7. The van der Waals surface area contributed by atoms with Crippen molar-refractivity contribution in [2.75, 3.05) is 23.4 Å². The number of anilines is 1. The minimum absolute atomic E-state index is 0.0658. The number of halogens is 1. The predicted octanol–water partition coefficient (Wildman–Crippen LogP) is 0.789. The van der Waals surface area contributed by atoms with Crippen molar-refractivity contribution in [2.45, 2.75) is 38.4 Å². The maximum absolute atomic E-state index is 12.2. The van der Waals surface area contributed by atoms with E-state index in [4.69, 9.17) is 9.47 Å². The second-order valence-corrected chi connectivity index (χ2v) is 7.85. The minimum Gasteiger partial charge on any atom is -0.448 e. The molecule has 1 amide bonds. The van der Waals surface area contributed by atoms with E-state index in [1.807, 2.05) is 29.5 Å². The van der Waals surface area contributed by atoms with Gasteiger partial charge in [0.2, 0.25) is 0 Å². The Morgan fingerprint density at radius 2 is 2.24 bits per heavy atom. The first kappa shape index (κ1) is 20.4. The molecule has 1 saturated heterocycles. The van der Waals surface area contributed by atoms with E-state index in [1.54, 1.807) is 18.7 Å². The maximum atomic E-state index is 12.2. The van der Waals surface area contributed by atoms with Crippen LogP contribution in [0.3, 0.4) is 0 Å². The fourth-order valence-electron chi connectivity index (χ4n) is 2.24. The van der Waals surface area contributed by atoms with Crippen LogP contribution in [-0.2, 0) is 9.47 Å². The Kier molecular flexibility index (Phi) is 7.49. The summed E-state index contributed by atoms with van der Waals surface area (Å²) in [5.41, 5.74) is -0.720. The van der Waals surface area contributed by atoms with Gasteiger partial charge < -0.3 is 19.7 Å². The first-order chi connectivity index (χ1) is 11.8. The molecule has 0 aromatic carbocycles. The molecule has 0 radical (unpaired) electrons. The van der Waals surface area contributed by atoms with Gasteiger partial charge in [0.1, 0.15) is 18.8 Å². The van der Waals surface area contributed by atoms with Crippen LogP contribution in [-0.4, -0.2) is 62.3 Å². The standard InChI is InChI=1S/C14H20IN3O6S/c1-3-25-5-4-23-14(22)17-11-8(15)6-18(13(21)16-11)12-10(20)9(19)7(2)24-12/h6-7,9-10,12,19-20H,3-5H2,1-2H3,(H,16,17,21,22)/t7-,9?,10?,12-/m1/s1. The van der Waals surface area contributed by atoms with Gasteiger partial charge in [-0.15, -0.1) is 0 Å². The van der Waals surface area contributed by atoms with Crippen molar-refractivity contribution in [3.63, 3.8) is 0 Å². The summed E-state index contributed by atoms with van der Waals surface area (Å²) in [5.74, 6) is 1.69. The van der Waals surface area contributed by atoms with Crippen LogP contribution in [0.25, 0.3) is 0 Å². The molecule has 0 spiro atoms. The van der Waals surface area contributed by atoms with Crippen molar-refractivity contribution in [3.05, 3.63) is 20.3 Å². The topological polar surface area (TPSA) is 123 Å². The zero-order chi connectivity index (χ0) is 18.6. The molecule has 1 aliphatic rings. The summed E-state index contributed by atoms with van der Waals surface area (Å²) in [6.45, 7) is 3.87. The summed E-state index contributed by atoms with van der Waals surface area (Å²) < 4.78 is 12.0. The smallest absolute Gasteiger partial charge is 0.412 e. The number of nitrogens with zero attached hydrogens (tertiary/aromatic N) is 2. The van der Waals surface area contributed by atoms with E-state index >= 15 is 0 Å². The summed E-state index contributed by atoms with van der Waals surface area (Å²) in [6.07, 6.45) is -3.28. The van der Waals surface area contributed by atoms with Gasteiger partial charge >= 0.3 is 11.8 Å². The Balaban J connectivity index is 2.07. The van der Waals surface area contributed by atoms with Gasteiger partial charge in [0.15, 0.2) is 12.0 Å². The van der Waals surface area contributed by atoms with E-state index in [9.17, 15) is 19.8 Å². The van der Waals surface area contributed by atoms with Crippen LogP contribution < -0.4 is 11.0 Å². The number of nitrogens with one attached hydrogen (secondary N) is 1. The van der Waals surface area contributed by atoms with Crippen molar-refractivity contribution in [1.29, 1.82) is 0 Å². The lowest BCUT2D eigenvalue weighted by atomic mass is 10.1. The Bertz CT molecular complexity index is 672. The zero-order valence-corrected chi connectivity index (χ0v) is 16.7. The molecule has 4 atom stereocenters. The molecular weight excluding hydrogens is 465 g/mol. The van der Waals surface area contributed by atoms with Crippen LogP contribution in [0.1, 0.15) is 20.1 Å². The van der Waals surface area contributed by atoms with Crippen molar-refractivity contribution in [1.82, 2.24) is 9.55 Å². The Hall–Kier alpha value is -0.890. The van der Waals surface area contributed by atoms with Crippen LogP contribution in [0.4, 0.5) is 10.6 Å². The van der Waals surface area contributed by atoms with Crippen LogP contribution in [0.5, 0.6) is 0 Å². The van der Waals surface area contributed by atoms with Gasteiger partial charge in [-0.3, -0.25) is 9.88 Å². The monoisotopic (exact) mass is 485 g/mol. The number of rotatable bonds is 6. The van der Waals surface area contributed by atoms with Gasteiger partial charge in [-0.25, -0.2) is 9.59 Å². The van der Waals surface area contributed by atoms with Crippen LogP contribution in [0.2, 0.25) is 0 Å². The average molecular weight is 485 g/mol. The fourth-order valence-corrected chi connectivity index (χ4v) is 3.29. The molecule has 3 N–H and O–H groups in total. The molecule has 1 aromatic heterocycles. The molecule has 140 valence electrons. The Labute approximate surface area is 162 Å². The van der Waals surface area contributed by atoms with Crippen LogP contribution >= 0.6 is 34.4 Å². The normalized spacial score (nSPS) is 25.8. The number of thioether (sulfide) groups is 1. The molecule has 2 heterocycles. The van der Waals surface area contributed by atoms with E-state index < -0.39 is 36.3 Å². The third kappa shape index (κ3) is 5.06. The fraction of sp³-hybridized carbons (Fsp3) is 0.643. The van der Waals surface area contributed by atoms with Gasteiger partial charge in [-0.1, -0.05) is 6.92 Å². The van der Waals surface area contributed by atoms with Gasteiger partial charge in [0, 0.05) is 11.9 Å². The van der Waals surface area contributed by atoms with Gasteiger partial charge in [0.25, 0.3) is 0 Å². The second-order valence-electron chi connectivity index (χ2n) is 5.30. The summed E-state index contributed by atoms with van der Waals surface area (Å²) in [5, 5.41) is 22.2. The molecule has 11 heteroatoms. The summed E-state index contributed by atoms with van der Waals surface area (Å²) in [6, 6.07) is 0. The van der Waals surface area contributed by atoms with E-state index in [1.165, 1.54) is 6.20 Å². The number of carbonyl (C=O) groups is 1. The highest BCUT2D eigenvalue weighted by molar-refractivity contribution is 14.1. The predicted molar refractivity (Wildman–Crippen MR) is 101 cm³/mol. The summed E-state index contributed by atoms with van der Waals surface area (Å²) >= 11 is 3.54. The molecule has 1 fully saturated rings. The third-order valence-electron chi connectivity index (χ3n) is 3.54. The second kappa shape index (κ2) is 9.16. The van der Waals surface area contributed by atoms with Gasteiger partial charge in [-0.05, 0) is 35.3 Å². The number of hydrogen-bond acceptors (Lipinski definition) is 8. The molecule has 2 rings (SSSR count). The number of aromatic nitrogens is 2. The van der Waals surface area contributed by atoms with Crippen molar-refractivity contribution in [3.8, 4) is 0 Å². The highest BCUT2D eigenvalue weighted by atomic mass is 127. The minimum atomic E-state index is -1.25. The Morgan fingerprint density at radius 1 is 1.52 bits per heavy atom. The molecule has 0 bridgehead atoms. The highest BCUT2D eigenvalue weighted by Crippen LogP contribution is 2.28. The van der Waals surface area contributed by atoms with E-state index in [-0.39, 0.29) is 12.4 Å². The first-order valence-electron chi connectivity index (χ1n) is 7.67. The number of hydrogen-bond donors (Lipinski definition) is 3. The number of amides is 1. The number of ether oxygens (including phenoxy) is 2. The third-order valence-corrected chi connectivity index (χ3v) is 5.20. The van der Waals surface area contributed by atoms with E-state index in [0.717, 1.165) is 10.3 Å². The average Bonchev–Trinajstić information content (AvgIpc) is 2.82. The lowest BCUT2D eigenvalue weighted by molar-refractivity contribution is -0.0351. The zero-order valence-electron chi connectivity index (χ0n) is 13.7. The number of aliphatic hydroxyl groups is 2. The SMILES string of the molecule is CCSCCOC(=O)Nc1nc(=O)n([C@@H]2O[C@H](C)C(O)C2O)cc1I. The quantitative estimate of drug-likeness (QED) is 0.400. The van der Waals surface area contributed by atoms with Crippen LogP contribution in [0.15, 0.2) is 11.0 Å². The lowest BCUT2D eigenvalue weighted by Crippen LogP contribution is -2.36. The van der Waals surface area contributed by atoms with Crippen LogP contribution in [0, 0.1) is 3.57 Å². The molecule has 0 aliphatic carbocycles. The van der Waals surface area contributed by atoms with E-state index in [0.29, 0.717) is 9.32 Å². The van der Waals surface area contributed by atoms with Gasteiger partial charge in [-0.2, -0.15) is 16.7 Å². The largest absolute Gasteiger partial charge is 0.448 e. The molecular formula is C14H20IN3O6S. The molecule has 0 saturated carbocycles. The summed E-state index contributed by atoms with van der Waals surface area (Å²) in [7, 11) is 0. The van der Waals surface area contributed by atoms with Crippen molar-refractivity contribution >= 4 is 46.3 Å². The van der Waals surface area contributed by atoms with E-state index in [2.05, 4.69) is 10.3 Å². The number of carbonyl (C=O) groups excluding carboxylic acids is 1. The molecule has 2 unspecified atom stereocenters. The van der Waals surface area contributed by atoms with Crippen molar-refractivity contribution < 1.29 is 24.5 Å². The van der Waals surface area contributed by atoms with Gasteiger partial charge in [0.05, 0.1) is 9.67 Å². The lowest BCUT2D eigenvalue weighted by Gasteiger charge is -2.18. The Morgan fingerprint density at radius 3 is 2.84 bits per heavy atom. The molecule has 1 aliphatic heterocycles.